The number of carbonyl (C=O) groups is 1. The van der Waals surface area contributed by atoms with Crippen LogP contribution in [0.3, 0.4) is 0 Å². The number of nitro groups is 1. The largest absolute Gasteiger partial charge is 0.501 e. The zero-order valence-electron chi connectivity index (χ0n) is 8.25. The monoisotopic (exact) mass is 223 g/mol. The molecule has 1 N–H and O–H groups in total. The van der Waals surface area contributed by atoms with Crippen molar-refractivity contribution in [2.45, 2.75) is 0 Å². The van der Waals surface area contributed by atoms with E-state index in [-0.39, 0.29) is 12.2 Å². The zero-order chi connectivity index (χ0) is 12.1. The number of rotatable bonds is 4. The minimum Gasteiger partial charge on any atom is -0.501 e. The molecule has 0 saturated carbocycles. The number of para-hydroxylation sites is 1. The fourth-order valence-electron chi connectivity index (χ4n) is 1.06. The van der Waals surface area contributed by atoms with Crippen LogP contribution in [-0.2, 0) is 4.74 Å². The summed E-state index contributed by atoms with van der Waals surface area (Å²) < 4.78 is 4.65. The van der Waals surface area contributed by atoms with Crippen molar-refractivity contribution in [3.05, 3.63) is 46.5 Å². The quantitative estimate of drug-likeness (QED) is 0.362. The summed E-state index contributed by atoms with van der Waals surface area (Å²) in [6, 6.07) is 3.63. The van der Waals surface area contributed by atoms with E-state index in [0.717, 1.165) is 6.07 Å². The maximum absolute atomic E-state index is 11.3. The van der Waals surface area contributed by atoms with Gasteiger partial charge in [0.1, 0.15) is 12.2 Å². The lowest BCUT2D eigenvalue weighted by molar-refractivity contribution is -0.385. The molecule has 1 rings (SSSR count). The molecule has 0 atom stereocenters. The molecule has 0 unspecified atom stereocenters. The molecule has 84 valence electrons. The summed E-state index contributed by atoms with van der Waals surface area (Å²) in [6.07, 6.45) is 1.35. The van der Waals surface area contributed by atoms with Gasteiger partial charge in [-0.1, -0.05) is 18.7 Å². The summed E-state index contributed by atoms with van der Waals surface area (Å²) >= 11 is 0. The summed E-state index contributed by atoms with van der Waals surface area (Å²) in [4.78, 5) is 21.1. The highest BCUT2D eigenvalue weighted by Gasteiger charge is 2.21. The van der Waals surface area contributed by atoms with E-state index in [1.165, 1.54) is 18.2 Å². The smallest absolute Gasteiger partial charge is 0.342 e. The van der Waals surface area contributed by atoms with Gasteiger partial charge in [-0.2, -0.15) is 0 Å². The molecule has 0 aliphatic carbocycles. The molecule has 0 aliphatic heterocycles. The van der Waals surface area contributed by atoms with Crippen LogP contribution < -0.4 is 0 Å². The molecular weight excluding hydrogens is 214 g/mol. The van der Waals surface area contributed by atoms with E-state index in [4.69, 9.17) is 0 Å². The second kappa shape index (κ2) is 4.92. The molecule has 6 heteroatoms. The predicted octanol–water partition coefficient (Wildman–Crippen LogP) is 1.64. The molecular formula is C10H9NO5. The number of aromatic hydroxyl groups is 1. The molecule has 0 spiro atoms. The van der Waals surface area contributed by atoms with Crippen molar-refractivity contribution >= 4 is 11.7 Å². The molecule has 6 nitrogen and oxygen atoms in total. The molecule has 1 aromatic rings. The molecule has 0 amide bonds. The van der Waals surface area contributed by atoms with Crippen LogP contribution in [0.4, 0.5) is 5.69 Å². The van der Waals surface area contributed by atoms with Crippen LogP contribution in [0.15, 0.2) is 30.9 Å². The minimum atomic E-state index is -0.832. The van der Waals surface area contributed by atoms with E-state index >= 15 is 0 Å². The van der Waals surface area contributed by atoms with E-state index in [1.807, 2.05) is 0 Å². The number of carbonyl (C=O) groups excluding carboxylic acids is 1. The van der Waals surface area contributed by atoms with Gasteiger partial charge in [0, 0.05) is 6.07 Å². The Balaban J connectivity index is 3.05. The SMILES string of the molecule is C=CCOC(=O)c1cccc([N+](=O)[O-])c1O. The molecule has 0 heterocycles. The highest BCUT2D eigenvalue weighted by atomic mass is 16.6. The van der Waals surface area contributed by atoms with Crippen LogP contribution in [0.2, 0.25) is 0 Å². The van der Waals surface area contributed by atoms with E-state index in [2.05, 4.69) is 11.3 Å². The normalized spacial score (nSPS) is 9.50. The summed E-state index contributed by atoms with van der Waals surface area (Å²) in [5.41, 5.74) is -0.774. The molecule has 0 saturated heterocycles. The van der Waals surface area contributed by atoms with Gasteiger partial charge in [0.2, 0.25) is 5.75 Å². The molecule has 0 fully saturated rings. The van der Waals surface area contributed by atoms with Crippen molar-refractivity contribution in [3.8, 4) is 5.75 Å². The number of phenols is 1. The van der Waals surface area contributed by atoms with E-state index in [1.54, 1.807) is 0 Å². The van der Waals surface area contributed by atoms with E-state index in [9.17, 15) is 20.0 Å². The fraction of sp³-hybridized carbons (Fsp3) is 0.100. The lowest BCUT2D eigenvalue weighted by Gasteiger charge is -2.04. The third kappa shape index (κ3) is 2.35. The molecule has 0 radical (unpaired) electrons. The van der Waals surface area contributed by atoms with Crippen molar-refractivity contribution < 1.29 is 19.6 Å². The first kappa shape index (κ1) is 11.7. The number of ether oxygens (including phenoxy) is 1. The number of hydrogen-bond acceptors (Lipinski definition) is 5. The molecule has 0 aromatic heterocycles. The van der Waals surface area contributed by atoms with Crippen molar-refractivity contribution in [3.63, 3.8) is 0 Å². The minimum absolute atomic E-state index is 0.0268. The van der Waals surface area contributed by atoms with Gasteiger partial charge in [0.05, 0.1) is 4.92 Å². The van der Waals surface area contributed by atoms with Gasteiger partial charge in [-0.15, -0.1) is 0 Å². The second-order valence-corrected chi connectivity index (χ2v) is 2.82. The molecule has 0 bridgehead atoms. The van der Waals surface area contributed by atoms with Crippen LogP contribution in [0, 0.1) is 10.1 Å². The fourth-order valence-corrected chi connectivity index (χ4v) is 1.06. The van der Waals surface area contributed by atoms with Crippen molar-refractivity contribution in [2.24, 2.45) is 0 Å². The van der Waals surface area contributed by atoms with Gasteiger partial charge < -0.3 is 9.84 Å². The first-order valence-corrected chi connectivity index (χ1v) is 4.32. The van der Waals surface area contributed by atoms with Crippen LogP contribution in [0.5, 0.6) is 5.75 Å². The van der Waals surface area contributed by atoms with Gasteiger partial charge in [0.15, 0.2) is 0 Å². The Hall–Kier alpha value is -2.37. The highest BCUT2D eigenvalue weighted by molar-refractivity contribution is 5.93. The lowest BCUT2D eigenvalue weighted by Crippen LogP contribution is -2.06. The third-order valence-electron chi connectivity index (χ3n) is 1.76. The Morgan fingerprint density at radius 2 is 2.31 bits per heavy atom. The maximum atomic E-state index is 11.3. The Kier molecular flexibility index (Phi) is 3.60. The summed E-state index contributed by atoms with van der Waals surface area (Å²) in [5, 5.41) is 19.9. The first-order chi connectivity index (χ1) is 7.57. The van der Waals surface area contributed by atoms with Gasteiger partial charge in [-0.05, 0) is 6.07 Å². The number of nitrogens with zero attached hydrogens (tertiary/aromatic N) is 1. The van der Waals surface area contributed by atoms with Crippen molar-refractivity contribution in [1.29, 1.82) is 0 Å². The Morgan fingerprint density at radius 1 is 1.62 bits per heavy atom. The van der Waals surface area contributed by atoms with Gasteiger partial charge >= 0.3 is 11.7 Å². The van der Waals surface area contributed by atoms with E-state index < -0.39 is 22.3 Å². The summed E-state index contributed by atoms with van der Waals surface area (Å²) in [7, 11) is 0. The summed E-state index contributed by atoms with van der Waals surface area (Å²) in [6.45, 7) is 3.32. The Morgan fingerprint density at radius 3 is 2.88 bits per heavy atom. The van der Waals surface area contributed by atoms with Crippen molar-refractivity contribution in [1.82, 2.24) is 0 Å². The highest BCUT2D eigenvalue weighted by Crippen LogP contribution is 2.29. The topological polar surface area (TPSA) is 89.7 Å². The maximum Gasteiger partial charge on any atom is 0.342 e. The predicted molar refractivity (Wildman–Crippen MR) is 55.2 cm³/mol. The Labute approximate surface area is 90.9 Å². The number of benzene rings is 1. The molecule has 1 aromatic carbocycles. The number of hydrogen-bond donors (Lipinski definition) is 1. The van der Waals surface area contributed by atoms with Crippen LogP contribution in [0.25, 0.3) is 0 Å². The number of nitro benzene ring substituents is 1. The number of esters is 1. The van der Waals surface area contributed by atoms with Gasteiger partial charge in [0.25, 0.3) is 0 Å². The van der Waals surface area contributed by atoms with Crippen molar-refractivity contribution in [2.75, 3.05) is 6.61 Å². The van der Waals surface area contributed by atoms with E-state index in [0.29, 0.717) is 0 Å². The lowest BCUT2D eigenvalue weighted by atomic mass is 10.2. The second-order valence-electron chi connectivity index (χ2n) is 2.82. The van der Waals surface area contributed by atoms with Crippen LogP contribution in [0.1, 0.15) is 10.4 Å². The average molecular weight is 223 g/mol. The first-order valence-electron chi connectivity index (χ1n) is 4.32. The standard InChI is InChI=1S/C10H9NO5/c1-2-6-16-10(13)7-4-3-5-8(9(7)12)11(14)15/h2-5,12H,1,6H2. The van der Waals surface area contributed by atoms with Crippen LogP contribution in [-0.4, -0.2) is 22.6 Å². The average Bonchev–Trinajstić information content (AvgIpc) is 2.25. The number of phenolic OH excluding ortho intramolecular Hbond substituents is 1. The van der Waals surface area contributed by atoms with Gasteiger partial charge in [-0.3, -0.25) is 10.1 Å². The molecule has 0 aliphatic rings. The van der Waals surface area contributed by atoms with Crippen LogP contribution >= 0.6 is 0 Å². The summed E-state index contributed by atoms with van der Waals surface area (Å²) in [5.74, 6) is -1.53. The molecule has 16 heavy (non-hydrogen) atoms. The third-order valence-corrected chi connectivity index (χ3v) is 1.76. The van der Waals surface area contributed by atoms with Gasteiger partial charge in [-0.25, -0.2) is 4.79 Å². The Bertz CT molecular complexity index is 441. The zero-order valence-corrected chi connectivity index (χ0v) is 8.25.